The molecule has 2 aromatic rings. The van der Waals surface area contributed by atoms with Crippen molar-refractivity contribution in [1.82, 2.24) is 0 Å². The van der Waals surface area contributed by atoms with Crippen LogP contribution in [0.25, 0.3) is 10.8 Å². The molecule has 0 fully saturated rings. The number of nitrogens with one attached hydrogen (secondary N) is 1. The zero-order valence-electron chi connectivity index (χ0n) is 10.9. The van der Waals surface area contributed by atoms with Gasteiger partial charge in [0.15, 0.2) is 0 Å². The zero-order valence-corrected chi connectivity index (χ0v) is 10.9. The Balaban J connectivity index is 2.31. The minimum atomic E-state index is -0.127. The lowest BCUT2D eigenvalue weighted by Crippen LogP contribution is -2.22. The molecular formula is C15H18N2O2. The Morgan fingerprint density at radius 2 is 1.95 bits per heavy atom. The molecule has 0 saturated heterocycles. The van der Waals surface area contributed by atoms with E-state index in [4.69, 9.17) is 5.73 Å². The molecule has 4 nitrogen and oxygen atoms in total. The van der Waals surface area contributed by atoms with Crippen LogP contribution >= 0.6 is 0 Å². The molecule has 4 N–H and O–H groups in total. The number of aromatic hydroxyl groups is 1. The molecule has 1 amide bonds. The lowest BCUT2D eigenvalue weighted by Gasteiger charge is -2.13. The van der Waals surface area contributed by atoms with Gasteiger partial charge in [0.25, 0.3) is 0 Å². The lowest BCUT2D eigenvalue weighted by molar-refractivity contribution is -0.119. The molecule has 0 bridgehead atoms. The van der Waals surface area contributed by atoms with Crippen molar-refractivity contribution in [3.05, 3.63) is 36.4 Å². The number of hydrogen-bond donors (Lipinski definition) is 3. The third kappa shape index (κ3) is 2.85. The van der Waals surface area contributed by atoms with Gasteiger partial charge in [0.2, 0.25) is 5.91 Å². The van der Waals surface area contributed by atoms with Crippen LogP contribution in [0.15, 0.2) is 36.4 Å². The van der Waals surface area contributed by atoms with Gasteiger partial charge in [0, 0.05) is 22.4 Å². The number of anilines is 1. The van der Waals surface area contributed by atoms with Crippen LogP contribution in [0.5, 0.6) is 5.75 Å². The van der Waals surface area contributed by atoms with E-state index in [-0.39, 0.29) is 17.6 Å². The highest BCUT2D eigenvalue weighted by molar-refractivity contribution is 6.04. The van der Waals surface area contributed by atoms with E-state index in [0.717, 1.165) is 10.8 Å². The van der Waals surface area contributed by atoms with E-state index in [9.17, 15) is 9.90 Å². The van der Waals surface area contributed by atoms with Crippen molar-refractivity contribution in [2.75, 3.05) is 11.9 Å². The van der Waals surface area contributed by atoms with E-state index in [1.807, 2.05) is 31.2 Å². The number of benzene rings is 2. The van der Waals surface area contributed by atoms with E-state index in [1.54, 1.807) is 12.1 Å². The SMILES string of the molecule is CC(CCN)C(=O)Nc1cccc2c(O)cccc12. The Morgan fingerprint density at radius 3 is 2.68 bits per heavy atom. The van der Waals surface area contributed by atoms with Crippen LogP contribution in [0.2, 0.25) is 0 Å². The molecular weight excluding hydrogens is 240 g/mol. The molecule has 2 aromatic carbocycles. The second kappa shape index (κ2) is 5.71. The van der Waals surface area contributed by atoms with Crippen LogP contribution in [0.3, 0.4) is 0 Å². The number of amides is 1. The Kier molecular flexibility index (Phi) is 4.02. The second-order valence-electron chi connectivity index (χ2n) is 4.65. The predicted octanol–water partition coefficient (Wildman–Crippen LogP) is 2.47. The fourth-order valence-corrected chi connectivity index (χ4v) is 2.04. The van der Waals surface area contributed by atoms with Gasteiger partial charge in [-0.15, -0.1) is 0 Å². The first-order valence-corrected chi connectivity index (χ1v) is 6.35. The number of carbonyl (C=O) groups excluding carboxylic acids is 1. The van der Waals surface area contributed by atoms with Crippen molar-refractivity contribution >= 4 is 22.4 Å². The highest BCUT2D eigenvalue weighted by Crippen LogP contribution is 2.30. The maximum atomic E-state index is 12.0. The van der Waals surface area contributed by atoms with Gasteiger partial charge in [-0.05, 0) is 25.1 Å². The van der Waals surface area contributed by atoms with Crippen LogP contribution in [0.4, 0.5) is 5.69 Å². The molecule has 100 valence electrons. The summed E-state index contributed by atoms with van der Waals surface area (Å²) in [7, 11) is 0. The van der Waals surface area contributed by atoms with Gasteiger partial charge >= 0.3 is 0 Å². The summed E-state index contributed by atoms with van der Waals surface area (Å²) in [5.74, 6) is 0.0301. The van der Waals surface area contributed by atoms with Gasteiger partial charge in [0.1, 0.15) is 5.75 Å². The van der Waals surface area contributed by atoms with E-state index in [0.29, 0.717) is 18.7 Å². The molecule has 0 heterocycles. The van der Waals surface area contributed by atoms with Crippen LogP contribution in [-0.4, -0.2) is 17.6 Å². The average Bonchev–Trinajstić information content (AvgIpc) is 2.40. The van der Waals surface area contributed by atoms with E-state index < -0.39 is 0 Å². The molecule has 0 aliphatic rings. The Labute approximate surface area is 112 Å². The summed E-state index contributed by atoms with van der Waals surface area (Å²) in [4.78, 5) is 12.0. The fraction of sp³-hybridized carbons (Fsp3) is 0.267. The first-order chi connectivity index (χ1) is 9.13. The molecule has 2 rings (SSSR count). The highest BCUT2D eigenvalue weighted by atomic mass is 16.3. The molecule has 19 heavy (non-hydrogen) atoms. The Morgan fingerprint density at radius 1 is 1.26 bits per heavy atom. The number of nitrogens with two attached hydrogens (primary N) is 1. The van der Waals surface area contributed by atoms with Crippen LogP contribution in [0, 0.1) is 5.92 Å². The number of fused-ring (bicyclic) bond motifs is 1. The fourth-order valence-electron chi connectivity index (χ4n) is 2.04. The Hall–Kier alpha value is -2.07. The van der Waals surface area contributed by atoms with Crippen molar-refractivity contribution in [1.29, 1.82) is 0 Å². The minimum Gasteiger partial charge on any atom is -0.507 e. The van der Waals surface area contributed by atoms with Crippen LogP contribution < -0.4 is 11.1 Å². The maximum absolute atomic E-state index is 12.0. The first-order valence-electron chi connectivity index (χ1n) is 6.35. The molecule has 1 unspecified atom stereocenters. The number of rotatable bonds is 4. The van der Waals surface area contributed by atoms with Crippen molar-refractivity contribution in [2.24, 2.45) is 11.7 Å². The summed E-state index contributed by atoms with van der Waals surface area (Å²) in [5, 5.41) is 14.2. The predicted molar refractivity (Wildman–Crippen MR) is 77.1 cm³/mol. The summed E-state index contributed by atoms with van der Waals surface area (Å²) >= 11 is 0. The third-order valence-corrected chi connectivity index (χ3v) is 3.20. The quantitative estimate of drug-likeness (QED) is 0.788. The standard InChI is InChI=1S/C15H18N2O2/c1-10(8-9-16)15(19)17-13-6-2-5-12-11(13)4-3-7-14(12)18/h2-7,10,18H,8-9,16H2,1H3,(H,17,19). The first kappa shape index (κ1) is 13.4. The van der Waals surface area contributed by atoms with Gasteiger partial charge in [-0.25, -0.2) is 0 Å². The summed E-state index contributed by atoms with van der Waals surface area (Å²) in [6.45, 7) is 2.34. The summed E-state index contributed by atoms with van der Waals surface area (Å²) in [5.41, 5.74) is 6.17. The molecule has 0 aromatic heterocycles. The molecule has 4 heteroatoms. The van der Waals surface area contributed by atoms with Gasteiger partial charge in [0.05, 0.1) is 0 Å². The summed E-state index contributed by atoms with van der Waals surface area (Å²) in [6.07, 6.45) is 0.655. The number of phenolic OH excluding ortho intramolecular Hbond substituents is 1. The van der Waals surface area contributed by atoms with E-state index in [2.05, 4.69) is 5.32 Å². The molecule has 0 aliphatic heterocycles. The smallest absolute Gasteiger partial charge is 0.227 e. The molecule has 0 saturated carbocycles. The molecule has 0 spiro atoms. The van der Waals surface area contributed by atoms with Gasteiger partial charge < -0.3 is 16.2 Å². The largest absolute Gasteiger partial charge is 0.507 e. The van der Waals surface area contributed by atoms with Crippen molar-refractivity contribution < 1.29 is 9.90 Å². The van der Waals surface area contributed by atoms with E-state index in [1.165, 1.54) is 0 Å². The van der Waals surface area contributed by atoms with Crippen molar-refractivity contribution in [2.45, 2.75) is 13.3 Å². The average molecular weight is 258 g/mol. The Bertz CT molecular complexity index is 596. The number of phenols is 1. The third-order valence-electron chi connectivity index (χ3n) is 3.20. The van der Waals surface area contributed by atoms with Crippen molar-refractivity contribution in [3.63, 3.8) is 0 Å². The monoisotopic (exact) mass is 258 g/mol. The molecule has 0 aliphatic carbocycles. The maximum Gasteiger partial charge on any atom is 0.227 e. The number of hydrogen-bond acceptors (Lipinski definition) is 3. The summed E-state index contributed by atoms with van der Waals surface area (Å²) in [6, 6.07) is 10.7. The van der Waals surface area contributed by atoms with Gasteiger partial charge in [-0.1, -0.05) is 31.2 Å². The second-order valence-corrected chi connectivity index (χ2v) is 4.65. The van der Waals surface area contributed by atoms with Gasteiger partial charge in [-0.3, -0.25) is 4.79 Å². The lowest BCUT2D eigenvalue weighted by atomic mass is 10.1. The molecule has 0 radical (unpaired) electrons. The number of carbonyl (C=O) groups is 1. The zero-order chi connectivity index (χ0) is 13.8. The van der Waals surface area contributed by atoms with Gasteiger partial charge in [-0.2, -0.15) is 0 Å². The minimum absolute atomic E-state index is 0.0544. The van der Waals surface area contributed by atoms with Crippen LogP contribution in [0.1, 0.15) is 13.3 Å². The molecule has 1 atom stereocenters. The van der Waals surface area contributed by atoms with Crippen LogP contribution in [-0.2, 0) is 4.79 Å². The normalized spacial score (nSPS) is 12.3. The van der Waals surface area contributed by atoms with Crippen molar-refractivity contribution in [3.8, 4) is 5.75 Å². The topological polar surface area (TPSA) is 75.4 Å². The summed E-state index contributed by atoms with van der Waals surface area (Å²) < 4.78 is 0. The van der Waals surface area contributed by atoms with E-state index >= 15 is 0 Å². The highest BCUT2D eigenvalue weighted by Gasteiger charge is 2.13.